The van der Waals surface area contributed by atoms with Crippen molar-refractivity contribution in [1.82, 2.24) is 10.6 Å². The summed E-state index contributed by atoms with van der Waals surface area (Å²) in [4.78, 5) is 4.80. The van der Waals surface area contributed by atoms with Gasteiger partial charge in [-0.2, -0.15) is 0 Å². The second kappa shape index (κ2) is 7.81. The molecule has 0 aromatic carbocycles. The van der Waals surface area contributed by atoms with Crippen molar-refractivity contribution < 1.29 is 9.15 Å². The number of nitrogens with zero attached hydrogens (tertiary/aromatic N) is 1. The number of ether oxygens (including phenoxy) is 1. The van der Waals surface area contributed by atoms with Crippen molar-refractivity contribution in [3.63, 3.8) is 0 Å². The predicted molar refractivity (Wildman–Crippen MR) is 98.8 cm³/mol. The molecule has 1 aromatic rings. The SMILES string of the molecule is c1coc(CCN=C(NC2CC2)NC2CCOC3(CCCCC3)C2)c1. The second-order valence-corrected chi connectivity index (χ2v) is 7.90. The molecule has 5 nitrogen and oxygen atoms in total. The Kier molecular flexibility index (Phi) is 5.30. The molecule has 25 heavy (non-hydrogen) atoms. The highest BCUT2D eigenvalue weighted by Gasteiger charge is 2.38. The van der Waals surface area contributed by atoms with Gasteiger partial charge < -0.3 is 19.8 Å². The molecule has 2 heterocycles. The lowest BCUT2D eigenvalue weighted by Crippen LogP contribution is -2.52. The Bertz CT molecular complexity index is 554. The van der Waals surface area contributed by atoms with Crippen LogP contribution < -0.4 is 10.6 Å². The summed E-state index contributed by atoms with van der Waals surface area (Å²) in [5.41, 5.74) is 0.132. The number of nitrogens with one attached hydrogen (secondary N) is 2. The molecule has 3 aliphatic rings. The molecule has 1 unspecified atom stereocenters. The lowest BCUT2D eigenvalue weighted by molar-refractivity contribution is -0.107. The van der Waals surface area contributed by atoms with Crippen LogP contribution in [0.4, 0.5) is 0 Å². The zero-order valence-electron chi connectivity index (χ0n) is 15.1. The molecule has 0 amide bonds. The smallest absolute Gasteiger partial charge is 0.191 e. The van der Waals surface area contributed by atoms with Crippen molar-refractivity contribution in [2.45, 2.75) is 81.9 Å². The van der Waals surface area contributed by atoms with Crippen molar-refractivity contribution in [2.75, 3.05) is 13.2 Å². The van der Waals surface area contributed by atoms with E-state index < -0.39 is 0 Å². The first-order valence-corrected chi connectivity index (χ1v) is 10.1. The van der Waals surface area contributed by atoms with Gasteiger partial charge in [0.2, 0.25) is 0 Å². The second-order valence-electron chi connectivity index (χ2n) is 7.90. The third kappa shape index (κ3) is 4.78. The van der Waals surface area contributed by atoms with E-state index in [0.717, 1.165) is 44.1 Å². The highest BCUT2D eigenvalue weighted by molar-refractivity contribution is 5.80. The largest absolute Gasteiger partial charge is 0.469 e. The maximum atomic E-state index is 6.23. The standard InChI is InChI=1S/C20H31N3O2/c1-2-10-20(11-3-1)15-17(9-14-25-20)23-19(22-16-6-7-16)21-12-8-18-5-4-13-24-18/h4-5,13,16-17H,1-3,6-12,14-15H2,(H2,21,22,23). The molecule has 2 saturated carbocycles. The van der Waals surface area contributed by atoms with Gasteiger partial charge in [-0.15, -0.1) is 0 Å². The van der Waals surface area contributed by atoms with Gasteiger partial charge >= 0.3 is 0 Å². The maximum absolute atomic E-state index is 6.23. The minimum absolute atomic E-state index is 0.132. The van der Waals surface area contributed by atoms with Crippen LogP contribution in [-0.4, -0.2) is 36.8 Å². The summed E-state index contributed by atoms with van der Waals surface area (Å²) < 4.78 is 11.6. The summed E-state index contributed by atoms with van der Waals surface area (Å²) >= 11 is 0. The van der Waals surface area contributed by atoms with Gasteiger partial charge in [0.05, 0.1) is 11.9 Å². The minimum atomic E-state index is 0.132. The van der Waals surface area contributed by atoms with Gasteiger partial charge in [0.1, 0.15) is 5.76 Å². The van der Waals surface area contributed by atoms with E-state index in [1.54, 1.807) is 6.26 Å². The molecule has 2 N–H and O–H groups in total. The Labute approximate surface area is 150 Å². The van der Waals surface area contributed by atoms with Gasteiger partial charge in [0.15, 0.2) is 5.96 Å². The zero-order valence-corrected chi connectivity index (χ0v) is 15.1. The van der Waals surface area contributed by atoms with E-state index in [1.165, 1.54) is 44.9 Å². The maximum Gasteiger partial charge on any atom is 0.191 e. The van der Waals surface area contributed by atoms with E-state index in [9.17, 15) is 0 Å². The van der Waals surface area contributed by atoms with E-state index in [4.69, 9.17) is 14.1 Å². The number of furan rings is 1. The molecule has 4 rings (SSSR count). The first-order chi connectivity index (χ1) is 12.3. The molecule has 1 aliphatic heterocycles. The fraction of sp³-hybridized carbons (Fsp3) is 0.750. The normalized spacial score (nSPS) is 26.6. The van der Waals surface area contributed by atoms with Crippen LogP contribution in [0.25, 0.3) is 0 Å². The van der Waals surface area contributed by atoms with Crippen LogP contribution >= 0.6 is 0 Å². The summed E-state index contributed by atoms with van der Waals surface area (Å²) in [5, 5.41) is 7.28. The topological polar surface area (TPSA) is 58.8 Å². The molecular formula is C20H31N3O2. The predicted octanol–water partition coefficient (Wildman–Crippen LogP) is 3.40. The minimum Gasteiger partial charge on any atom is -0.469 e. The molecule has 138 valence electrons. The van der Waals surface area contributed by atoms with E-state index in [2.05, 4.69) is 10.6 Å². The van der Waals surface area contributed by atoms with Crippen LogP contribution in [0, 0.1) is 0 Å². The van der Waals surface area contributed by atoms with Crippen LogP contribution in [-0.2, 0) is 11.2 Å². The Hall–Kier alpha value is -1.49. The van der Waals surface area contributed by atoms with Crippen LogP contribution in [0.1, 0.15) is 63.5 Å². The van der Waals surface area contributed by atoms with Gasteiger partial charge in [-0.05, 0) is 50.7 Å². The molecule has 1 atom stereocenters. The Morgan fingerprint density at radius 2 is 1.96 bits per heavy atom. The summed E-state index contributed by atoms with van der Waals surface area (Å²) in [6, 6.07) is 5.04. The number of aliphatic imine (C=N–C) groups is 1. The molecule has 0 bridgehead atoms. The van der Waals surface area contributed by atoms with Crippen LogP contribution in [0.15, 0.2) is 27.8 Å². The molecule has 0 radical (unpaired) electrons. The van der Waals surface area contributed by atoms with Crippen LogP contribution in [0.2, 0.25) is 0 Å². The van der Waals surface area contributed by atoms with Crippen LogP contribution in [0.5, 0.6) is 0 Å². The first-order valence-electron chi connectivity index (χ1n) is 10.1. The van der Waals surface area contributed by atoms with Crippen molar-refractivity contribution in [1.29, 1.82) is 0 Å². The van der Waals surface area contributed by atoms with Crippen molar-refractivity contribution >= 4 is 5.96 Å². The van der Waals surface area contributed by atoms with Gasteiger partial charge in [-0.25, -0.2) is 0 Å². The molecule has 1 saturated heterocycles. The average Bonchev–Trinajstić information content (AvgIpc) is 3.27. The number of rotatable bonds is 5. The lowest BCUT2D eigenvalue weighted by Gasteiger charge is -2.44. The van der Waals surface area contributed by atoms with E-state index in [1.807, 2.05) is 12.1 Å². The number of hydrogen-bond acceptors (Lipinski definition) is 3. The van der Waals surface area contributed by atoms with Crippen molar-refractivity contribution in [3.05, 3.63) is 24.2 Å². The van der Waals surface area contributed by atoms with E-state index in [0.29, 0.717) is 12.1 Å². The number of hydrogen-bond donors (Lipinski definition) is 2. The summed E-state index contributed by atoms with van der Waals surface area (Å²) in [6.07, 6.45) is 13.8. The van der Waals surface area contributed by atoms with Gasteiger partial charge in [0, 0.05) is 31.7 Å². The highest BCUT2D eigenvalue weighted by Crippen LogP contribution is 2.38. The fourth-order valence-electron chi connectivity index (χ4n) is 4.18. The van der Waals surface area contributed by atoms with Gasteiger partial charge in [-0.1, -0.05) is 19.3 Å². The van der Waals surface area contributed by atoms with Gasteiger partial charge in [-0.3, -0.25) is 4.99 Å². The first kappa shape index (κ1) is 17.0. The summed E-state index contributed by atoms with van der Waals surface area (Å²) in [6.45, 7) is 1.63. The highest BCUT2D eigenvalue weighted by atomic mass is 16.5. The molecule has 2 aliphatic carbocycles. The monoisotopic (exact) mass is 345 g/mol. The Balaban J connectivity index is 1.34. The molecule has 1 spiro atoms. The number of guanidine groups is 1. The quantitative estimate of drug-likeness (QED) is 0.634. The third-order valence-corrected chi connectivity index (χ3v) is 5.73. The Morgan fingerprint density at radius 1 is 1.12 bits per heavy atom. The summed E-state index contributed by atoms with van der Waals surface area (Å²) in [5.74, 6) is 1.98. The van der Waals surface area contributed by atoms with Gasteiger partial charge in [0.25, 0.3) is 0 Å². The fourth-order valence-corrected chi connectivity index (χ4v) is 4.18. The van der Waals surface area contributed by atoms with Crippen molar-refractivity contribution in [2.24, 2.45) is 4.99 Å². The summed E-state index contributed by atoms with van der Waals surface area (Å²) in [7, 11) is 0. The van der Waals surface area contributed by atoms with E-state index >= 15 is 0 Å². The lowest BCUT2D eigenvalue weighted by atomic mass is 9.78. The van der Waals surface area contributed by atoms with Crippen molar-refractivity contribution in [3.8, 4) is 0 Å². The Morgan fingerprint density at radius 3 is 2.72 bits per heavy atom. The average molecular weight is 345 g/mol. The molecule has 5 heteroatoms. The van der Waals surface area contributed by atoms with Crippen LogP contribution in [0.3, 0.4) is 0 Å². The zero-order chi connectivity index (χ0) is 17.0. The third-order valence-electron chi connectivity index (χ3n) is 5.73. The molecule has 3 fully saturated rings. The molecular weight excluding hydrogens is 314 g/mol. The van der Waals surface area contributed by atoms with E-state index in [-0.39, 0.29) is 5.60 Å². The molecule has 1 aromatic heterocycles.